The number of hydrogen-bond donors (Lipinski definition) is 2. The van der Waals surface area contributed by atoms with Gasteiger partial charge in [0, 0.05) is 12.0 Å². The first-order valence-electron chi connectivity index (χ1n) is 5.12. The molecule has 0 aromatic heterocycles. The minimum atomic E-state index is -0.295. The van der Waals surface area contributed by atoms with Crippen molar-refractivity contribution in [2.45, 2.75) is 39.2 Å². The molecule has 0 saturated heterocycles. The van der Waals surface area contributed by atoms with Crippen molar-refractivity contribution in [1.82, 2.24) is 5.32 Å². The highest BCUT2D eigenvalue weighted by Gasteiger charge is 2.32. The van der Waals surface area contributed by atoms with Gasteiger partial charge >= 0.3 is 0 Å². The third-order valence-corrected chi connectivity index (χ3v) is 2.73. The predicted molar refractivity (Wildman–Crippen MR) is 53.3 cm³/mol. The second-order valence-electron chi connectivity index (χ2n) is 4.21. The number of nitrogens with two attached hydrogens (primary N) is 1. The Balaban J connectivity index is 2.51. The van der Waals surface area contributed by atoms with E-state index in [-0.39, 0.29) is 29.7 Å². The van der Waals surface area contributed by atoms with Crippen molar-refractivity contribution in [3.8, 4) is 0 Å². The van der Waals surface area contributed by atoms with Crippen molar-refractivity contribution in [2.75, 3.05) is 0 Å². The van der Waals surface area contributed by atoms with E-state index in [1.165, 1.54) is 0 Å². The second-order valence-corrected chi connectivity index (χ2v) is 4.21. The van der Waals surface area contributed by atoms with Gasteiger partial charge < -0.3 is 11.1 Å². The van der Waals surface area contributed by atoms with Crippen LogP contribution in [0.2, 0.25) is 0 Å². The number of amides is 2. The minimum absolute atomic E-state index is 0.00292. The summed E-state index contributed by atoms with van der Waals surface area (Å²) in [5.41, 5.74) is 5.25. The molecule has 0 aromatic carbocycles. The van der Waals surface area contributed by atoms with E-state index >= 15 is 0 Å². The monoisotopic (exact) mass is 198 g/mol. The van der Waals surface area contributed by atoms with Gasteiger partial charge in [-0.25, -0.2) is 0 Å². The van der Waals surface area contributed by atoms with E-state index in [1.54, 1.807) is 0 Å². The van der Waals surface area contributed by atoms with Crippen LogP contribution in [0.15, 0.2) is 0 Å². The molecule has 0 heterocycles. The molecule has 4 nitrogen and oxygen atoms in total. The van der Waals surface area contributed by atoms with Crippen LogP contribution in [0.5, 0.6) is 0 Å². The summed E-state index contributed by atoms with van der Waals surface area (Å²) in [4.78, 5) is 22.4. The van der Waals surface area contributed by atoms with Crippen LogP contribution in [0.4, 0.5) is 0 Å². The molecule has 3 N–H and O–H groups in total. The molecule has 80 valence electrons. The lowest BCUT2D eigenvalue weighted by molar-refractivity contribution is -0.126. The second kappa shape index (κ2) is 4.44. The molecule has 1 fully saturated rings. The van der Waals surface area contributed by atoms with Crippen molar-refractivity contribution in [1.29, 1.82) is 0 Å². The summed E-state index contributed by atoms with van der Waals surface area (Å²) in [7, 11) is 0. The number of rotatable bonds is 3. The molecular weight excluding hydrogens is 180 g/mol. The molecule has 1 unspecified atom stereocenters. The third-order valence-electron chi connectivity index (χ3n) is 2.73. The highest BCUT2D eigenvalue weighted by atomic mass is 16.2. The van der Waals surface area contributed by atoms with Gasteiger partial charge in [0.2, 0.25) is 11.8 Å². The van der Waals surface area contributed by atoms with Gasteiger partial charge in [-0.2, -0.15) is 0 Å². The smallest absolute Gasteiger partial charge is 0.222 e. The molecule has 1 aliphatic carbocycles. The van der Waals surface area contributed by atoms with E-state index in [0.717, 1.165) is 19.3 Å². The lowest BCUT2D eigenvalue weighted by atomic mass is 10.0. The van der Waals surface area contributed by atoms with E-state index in [4.69, 9.17) is 5.73 Å². The molecule has 0 aromatic rings. The van der Waals surface area contributed by atoms with Gasteiger partial charge in [0.15, 0.2) is 0 Å². The summed E-state index contributed by atoms with van der Waals surface area (Å²) in [6.45, 7) is 3.67. The first-order valence-corrected chi connectivity index (χ1v) is 5.12. The first kappa shape index (κ1) is 11.0. The topological polar surface area (TPSA) is 72.2 Å². The molecule has 14 heavy (non-hydrogen) atoms. The number of primary amides is 1. The standard InChI is InChI=1S/C10H18N2O2/c1-6(2)10(14)12-8-5-3-4-7(8)9(11)13/h6-8H,3-5H2,1-2H3,(H2,11,13)(H,12,14)/t7?,8-/m1/s1. The van der Waals surface area contributed by atoms with Crippen molar-refractivity contribution in [3.63, 3.8) is 0 Å². The molecule has 1 aliphatic rings. The summed E-state index contributed by atoms with van der Waals surface area (Å²) in [5, 5.41) is 2.87. The predicted octanol–water partition coefficient (Wildman–Crippen LogP) is 0.413. The Labute approximate surface area is 84.2 Å². The summed E-state index contributed by atoms with van der Waals surface area (Å²) in [5.74, 6) is -0.499. The van der Waals surface area contributed by atoms with Crippen LogP contribution in [0.3, 0.4) is 0 Å². The van der Waals surface area contributed by atoms with Crippen LogP contribution in [-0.4, -0.2) is 17.9 Å². The van der Waals surface area contributed by atoms with E-state index < -0.39 is 0 Å². The Hall–Kier alpha value is -1.06. The van der Waals surface area contributed by atoms with Gasteiger partial charge in [-0.15, -0.1) is 0 Å². The Kier molecular flexibility index (Phi) is 3.49. The summed E-state index contributed by atoms with van der Waals surface area (Å²) < 4.78 is 0. The van der Waals surface area contributed by atoms with Gasteiger partial charge in [-0.1, -0.05) is 20.3 Å². The van der Waals surface area contributed by atoms with Crippen LogP contribution in [0.25, 0.3) is 0 Å². The van der Waals surface area contributed by atoms with E-state index in [1.807, 2.05) is 13.8 Å². The zero-order chi connectivity index (χ0) is 10.7. The molecule has 4 heteroatoms. The molecule has 0 radical (unpaired) electrons. The average Bonchev–Trinajstić information content (AvgIpc) is 2.52. The average molecular weight is 198 g/mol. The number of carbonyl (C=O) groups is 2. The van der Waals surface area contributed by atoms with E-state index in [2.05, 4.69) is 5.32 Å². The quantitative estimate of drug-likeness (QED) is 0.689. The van der Waals surface area contributed by atoms with E-state index in [0.29, 0.717) is 0 Å². The lowest BCUT2D eigenvalue weighted by Gasteiger charge is -2.19. The molecule has 1 rings (SSSR count). The van der Waals surface area contributed by atoms with Crippen molar-refractivity contribution < 1.29 is 9.59 Å². The van der Waals surface area contributed by atoms with Gasteiger partial charge in [0.25, 0.3) is 0 Å². The first-order chi connectivity index (χ1) is 6.52. The Morgan fingerprint density at radius 3 is 2.50 bits per heavy atom. The fourth-order valence-electron chi connectivity index (χ4n) is 1.82. The van der Waals surface area contributed by atoms with Gasteiger partial charge in [-0.05, 0) is 12.8 Å². The van der Waals surface area contributed by atoms with Crippen LogP contribution < -0.4 is 11.1 Å². The highest BCUT2D eigenvalue weighted by Crippen LogP contribution is 2.25. The largest absolute Gasteiger partial charge is 0.369 e. The maximum atomic E-state index is 11.4. The van der Waals surface area contributed by atoms with Crippen molar-refractivity contribution >= 4 is 11.8 Å². The Morgan fingerprint density at radius 2 is 2.00 bits per heavy atom. The normalized spacial score (nSPS) is 26.5. The molecule has 2 amide bonds. The fraction of sp³-hybridized carbons (Fsp3) is 0.800. The highest BCUT2D eigenvalue weighted by molar-refractivity contribution is 5.81. The zero-order valence-corrected chi connectivity index (χ0v) is 8.75. The summed E-state index contributed by atoms with van der Waals surface area (Å²) >= 11 is 0. The maximum Gasteiger partial charge on any atom is 0.222 e. The SMILES string of the molecule is CC(C)C(=O)N[C@@H]1CCCC1C(N)=O. The fourth-order valence-corrected chi connectivity index (χ4v) is 1.82. The molecule has 2 atom stereocenters. The van der Waals surface area contributed by atoms with Gasteiger partial charge in [0.05, 0.1) is 5.92 Å². The molecule has 0 spiro atoms. The zero-order valence-electron chi connectivity index (χ0n) is 8.75. The minimum Gasteiger partial charge on any atom is -0.369 e. The summed E-state index contributed by atoms with van der Waals surface area (Å²) in [6, 6.07) is -0.0394. The number of hydrogen-bond acceptors (Lipinski definition) is 2. The van der Waals surface area contributed by atoms with Crippen LogP contribution >= 0.6 is 0 Å². The maximum absolute atomic E-state index is 11.4. The Morgan fingerprint density at radius 1 is 1.36 bits per heavy atom. The lowest BCUT2D eigenvalue weighted by Crippen LogP contribution is -2.43. The summed E-state index contributed by atoms with van der Waals surface area (Å²) in [6.07, 6.45) is 2.64. The third kappa shape index (κ3) is 2.47. The Bertz CT molecular complexity index is 238. The van der Waals surface area contributed by atoms with Crippen LogP contribution in [-0.2, 0) is 9.59 Å². The van der Waals surface area contributed by atoms with Crippen LogP contribution in [0, 0.1) is 11.8 Å². The van der Waals surface area contributed by atoms with Gasteiger partial charge in [-0.3, -0.25) is 9.59 Å². The molecule has 0 aliphatic heterocycles. The molecule has 0 bridgehead atoms. The molecular formula is C10H18N2O2. The van der Waals surface area contributed by atoms with Crippen molar-refractivity contribution in [2.24, 2.45) is 17.6 Å². The van der Waals surface area contributed by atoms with E-state index in [9.17, 15) is 9.59 Å². The number of carbonyl (C=O) groups excluding carboxylic acids is 2. The van der Waals surface area contributed by atoms with Crippen LogP contribution in [0.1, 0.15) is 33.1 Å². The molecule has 1 saturated carbocycles. The van der Waals surface area contributed by atoms with Gasteiger partial charge in [0.1, 0.15) is 0 Å². The van der Waals surface area contributed by atoms with Crippen molar-refractivity contribution in [3.05, 3.63) is 0 Å². The number of nitrogens with one attached hydrogen (secondary N) is 1.